The fraction of sp³-hybridized carbons (Fsp3) is 0.308. The Morgan fingerprint density at radius 2 is 2.15 bits per heavy atom. The Morgan fingerprint density at radius 1 is 1.35 bits per heavy atom. The normalized spacial score (nSPS) is 20.6. The maximum absolute atomic E-state index is 12.7. The summed E-state index contributed by atoms with van der Waals surface area (Å²) in [7, 11) is -3.58. The summed E-state index contributed by atoms with van der Waals surface area (Å²) in [5.74, 6) is 0. The van der Waals surface area contributed by atoms with Gasteiger partial charge in [-0.05, 0) is 12.5 Å². The number of benzene rings is 1. The van der Waals surface area contributed by atoms with Gasteiger partial charge in [-0.15, -0.1) is 0 Å². The van der Waals surface area contributed by atoms with Crippen molar-refractivity contribution in [2.24, 2.45) is 5.73 Å². The summed E-state index contributed by atoms with van der Waals surface area (Å²) >= 11 is 6.13. The molecule has 0 bridgehead atoms. The zero-order valence-corrected chi connectivity index (χ0v) is 12.2. The van der Waals surface area contributed by atoms with Crippen molar-refractivity contribution < 1.29 is 8.42 Å². The molecule has 106 valence electrons. The van der Waals surface area contributed by atoms with Gasteiger partial charge in [-0.2, -0.15) is 4.31 Å². The highest BCUT2D eigenvalue weighted by Crippen LogP contribution is 2.31. The van der Waals surface area contributed by atoms with E-state index < -0.39 is 10.0 Å². The van der Waals surface area contributed by atoms with Crippen molar-refractivity contribution >= 4 is 32.4 Å². The van der Waals surface area contributed by atoms with Crippen LogP contribution in [0, 0.1) is 0 Å². The number of nitrogens with zero attached hydrogens (tertiary/aromatic N) is 2. The van der Waals surface area contributed by atoms with Crippen LogP contribution in [-0.4, -0.2) is 36.8 Å². The third kappa shape index (κ3) is 2.18. The lowest BCUT2D eigenvalue weighted by molar-refractivity contribution is 0.473. The number of aromatic nitrogens is 1. The maximum atomic E-state index is 12.7. The predicted molar refractivity (Wildman–Crippen MR) is 78.1 cm³/mol. The van der Waals surface area contributed by atoms with Gasteiger partial charge in [-0.3, -0.25) is 4.98 Å². The second-order valence-corrected chi connectivity index (χ2v) is 7.20. The van der Waals surface area contributed by atoms with E-state index in [1.54, 1.807) is 24.4 Å². The molecule has 1 aromatic heterocycles. The highest BCUT2D eigenvalue weighted by Gasteiger charge is 2.32. The first-order valence-corrected chi connectivity index (χ1v) is 8.10. The van der Waals surface area contributed by atoms with E-state index in [0.717, 1.165) is 0 Å². The van der Waals surface area contributed by atoms with Gasteiger partial charge in [0, 0.05) is 42.3 Å². The highest BCUT2D eigenvalue weighted by molar-refractivity contribution is 7.89. The maximum Gasteiger partial charge on any atom is 0.243 e. The van der Waals surface area contributed by atoms with Crippen molar-refractivity contribution in [1.82, 2.24) is 9.29 Å². The van der Waals surface area contributed by atoms with Gasteiger partial charge < -0.3 is 5.73 Å². The third-order valence-electron chi connectivity index (χ3n) is 3.50. The first-order chi connectivity index (χ1) is 9.50. The smallest absolute Gasteiger partial charge is 0.243 e. The van der Waals surface area contributed by atoms with Crippen LogP contribution in [0.5, 0.6) is 0 Å². The van der Waals surface area contributed by atoms with Crippen molar-refractivity contribution in [3.63, 3.8) is 0 Å². The minimum atomic E-state index is -3.58. The Balaban J connectivity index is 2.19. The number of fused-ring (bicyclic) bond motifs is 1. The van der Waals surface area contributed by atoms with Crippen LogP contribution in [0.1, 0.15) is 6.42 Å². The van der Waals surface area contributed by atoms with Crippen molar-refractivity contribution in [3.8, 4) is 0 Å². The second kappa shape index (κ2) is 4.96. The van der Waals surface area contributed by atoms with E-state index in [9.17, 15) is 8.42 Å². The molecule has 1 fully saturated rings. The number of hydrogen-bond donors (Lipinski definition) is 1. The fourth-order valence-corrected chi connectivity index (χ4v) is 4.56. The summed E-state index contributed by atoms with van der Waals surface area (Å²) in [4.78, 5) is 4.20. The molecule has 0 aliphatic carbocycles. The van der Waals surface area contributed by atoms with E-state index >= 15 is 0 Å². The summed E-state index contributed by atoms with van der Waals surface area (Å²) in [6, 6.07) is 4.97. The van der Waals surface area contributed by atoms with Gasteiger partial charge in [-0.25, -0.2) is 8.42 Å². The Hall–Kier alpha value is -1.21. The highest BCUT2D eigenvalue weighted by atomic mass is 35.5. The minimum absolute atomic E-state index is 0.100. The van der Waals surface area contributed by atoms with Gasteiger partial charge in [-0.1, -0.05) is 23.7 Å². The summed E-state index contributed by atoms with van der Waals surface area (Å²) in [6.07, 6.45) is 3.74. The molecule has 1 aliphatic rings. The molecule has 2 heterocycles. The molecule has 2 N–H and O–H groups in total. The van der Waals surface area contributed by atoms with Gasteiger partial charge in [0.1, 0.15) is 0 Å². The molecular weight excluding hydrogens is 298 g/mol. The molecule has 2 aromatic rings. The SMILES string of the molecule is N[C@H]1CCN(S(=O)(=O)c2cccc3cncc(Cl)c23)C1. The summed E-state index contributed by atoms with van der Waals surface area (Å²) in [5.41, 5.74) is 5.80. The first-order valence-electron chi connectivity index (χ1n) is 6.28. The molecule has 1 atom stereocenters. The van der Waals surface area contributed by atoms with Crippen LogP contribution in [0.3, 0.4) is 0 Å². The van der Waals surface area contributed by atoms with Crippen molar-refractivity contribution in [2.45, 2.75) is 17.4 Å². The topological polar surface area (TPSA) is 76.3 Å². The summed E-state index contributed by atoms with van der Waals surface area (Å²) in [6.45, 7) is 0.796. The molecule has 7 heteroatoms. The molecule has 1 saturated heterocycles. The molecular formula is C13H14ClN3O2S. The second-order valence-electron chi connectivity index (χ2n) is 4.89. The number of halogens is 1. The Kier molecular flexibility index (Phi) is 3.41. The van der Waals surface area contributed by atoms with Crippen LogP contribution >= 0.6 is 11.6 Å². The number of nitrogens with two attached hydrogens (primary N) is 1. The molecule has 20 heavy (non-hydrogen) atoms. The average molecular weight is 312 g/mol. The predicted octanol–water partition coefficient (Wildman–Crippen LogP) is 1.61. The molecule has 0 radical (unpaired) electrons. The van der Waals surface area contributed by atoms with E-state index in [0.29, 0.717) is 35.3 Å². The molecule has 3 rings (SSSR count). The molecule has 1 aliphatic heterocycles. The van der Waals surface area contributed by atoms with E-state index in [1.165, 1.54) is 10.5 Å². The Morgan fingerprint density at radius 3 is 2.85 bits per heavy atom. The largest absolute Gasteiger partial charge is 0.326 e. The van der Waals surface area contributed by atoms with Crippen molar-refractivity contribution in [1.29, 1.82) is 0 Å². The molecule has 0 spiro atoms. The van der Waals surface area contributed by atoms with E-state index in [2.05, 4.69) is 4.98 Å². The van der Waals surface area contributed by atoms with E-state index in [4.69, 9.17) is 17.3 Å². The summed E-state index contributed by atoms with van der Waals surface area (Å²) in [5, 5.41) is 1.57. The van der Waals surface area contributed by atoms with Crippen LogP contribution in [-0.2, 0) is 10.0 Å². The molecule has 1 aromatic carbocycles. The standard InChI is InChI=1S/C13H14ClN3O2S/c14-11-7-16-6-9-2-1-3-12(13(9)11)20(18,19)17-5-4-10(15)8-17/h1-3,6-7,10H,4-5,8,15H2/t10-/m0/s1. The zero-order valence-electron chi connectivity index (χ0n) is 10.7. The average Bonchev–Trinajstić information content (AvgIpc) is 2.86. The van der Waals surface area contributed by atoms with Crippen LogP contribution in [0.2, 0.25) is 5.02 Å². The van der Waals surface area contributed by atoms with E-state index in [1.807, 2.05) is 0 Å². The van der Waals surface area contributed by atoms with E-state index in [-0.39, 0.29) is 10.9 Å². The van der Waals surface area contributed by atoms with Crippen molar-refractivity contribution in [2.75, 3.05) is 13.1 Å². The van der Waals surface area contributed by atoms with Gasteiger partial charge in [0.2, 0.25) is 10.0 Å². The van der Waals surface area contributed by atoms with Gasteiger partial charge >= 0.3 is 0 Å². The van der Waals surface area contributed by atoms with Gasteiger partial charge in [0.15, 0.2) is 0 Å². The molecule has 0 amide bonds. The Bertz CT molecular complexity index is 758. The minimum Gasteiger partial charge on any atom is -0.326 e. The number of hydrogen-bond acceptors (Lipinski definition) is 4. The fourth-order valence-electron chi connectivity index (χ4n) is 2.49. The van der Waals surface area contributed by atoms with Crippen LogP contribution in [0.25, 0.3) is 10.8 Å². The zero-order chi connectivity index (χ0) is 14.3. The van der Waals surface area contributed by atoms with Crippen LogP contribution < -0.4 is 5.73 Å². The lowest BCUT2D eigenvalue weighted by Crippen LogP contribution is -2.32. The monoisotopic (exact) mass is 311 g/mol. The molecule has 5 nitrogen and oxygen atoms in total. The van der Waals surface area contributed by atoms with Gasteiger partial charge in [0.25, 0.3) is 0 Å². The lowest BCUT2D eigenvalue weighted by Gasteiger charge is -2.17. The van der Waals surface area contributed by atoms with Crippen LogP contribution in [0.4, 0.5) is 0 Å². The summed E-state index contributed by atoms with van der Waals surface area (Å²) < 4.78 is 26.9. The quantitative estimate of drug-likeness (QED) is 0.914. The Labute approximate surface area is 122 Å². The van der Waals surface area contributed by atoms with Crippen molar-refractivity contribution in [3.05, 3.63) is 35.6 Å². The lowest BCUT2D eigenvalue weighted by atomic mass is 10.2. The molecule has 0 saturated carbocycles. The number of rotatable bonds is 2. The first kappa shape index (κ1) is 13.8. The third-order valence-corrected chi connectivity index (χ3v) is 5.70. The van der Waals surface area contributed by atoms with Gasteiger partial charge in [0.05, 0.1) is 9.92 Å². The number of pyridine rings is 1. The number of sulfonamides is 1. The molecule has 0 unspecified atom stereocenters. The van der Waals surface area contributed by atoms with Crippen LogP contribution in [0.15, 0.2) is 35.5 Å².